The van der Waals surface area contributed by atoms with Gasteiger partial charge in [0.1, 0.15) is 6.54 Å². The fraction of sp³-hybridized carbons (Fsp3) is 0.222. The Labute approximate surface area is 85.2 Å². The highest BCUT2D eigenvalue weighted by Crippen LogP contribution is 2.20. The van der Waals surface area contributed by atoms with Crippen LogP contribution in [0.3, 0.4) is 0 Å². The molecular weight excluding hydrogens is 234 g/mol. The lowest BCUT2D eigenvalue weighted by molar-refractivity contribution is -0.138. The van der Waals surface area contributed by atoms with Crippen molar-refractivity contribution in [2.75, 3.05) is 19.0 Å². The largest absolute Gasteiger partial charge is 0.468 e. The molecule has 0 bridgehead atoms. The van der Waals surface area contributed by atoms with Crippen LogP contribution in [0, 0.1) is 0 Å². The van der Waals surface area contributed by atoms with Crippen LogP contribution in [0.1, 0.15) is 0 Å². The van der Waals surface area contributed by atoms with Gasteiger partial charge in [0.15, 0.2) is 0 Å². The molecule has 3 nitrogen and oxygen atoms in total. The number of anilines is 1. The molecular formula is C9H10BrNO2. The molecule has 0 radical (unpaired) electrons. The third-order valence-electron chi connectivity index (χ3n) is 1.52. The summed E-state index contributed by atoms with van der Waals surface area (Å²) in [5, 5.41) is 2.94. The number of benzene rings is 1. The molecule has 0 spiro atoms. The van der Waals surface area contributed by atoms with Crippen molar-refractivity contribution < 1.29 is 9.53 Å². The van der Waals surface area contributed by atoms with Gasteiger partial charge in [-0.1, -0.05) is 12.1 Å². The zero-order chi connectivity index (χ0) is 9.68. The van der Waals surface area contributed by atoms with Gasteiger partial charge in [-0.05, 0) is 28.1 Å². The highest BCUT2D eigenvalue weighted by molar-refractivity contribution is 9.10. The lowest BCUT2D eigenvalue weighted by Crippen LogP contribution is -2.15. The van der Waals surface area contributed by atoms with Gasteiger partial charge in [-0.15, -0.1) is 0 Å². The van der Waals surface area contributed by atoms with Crippen LogP contribution >= 0.6 is 15.9 Å². The number of nitrogens with one attached hydrogen (secondary N) is 1. The van der Waals surface area contributed by atoms with Crippen molar-refractivity contribution in [2.24, 2.45) is 0 Å². The van der Waals surface area contributed by atoms with Gasteiger partial charge in [-0.2, -0.15) is 0 Å². The van der Waals surface area contributed by atoms with Crippen LogP contribution in [-0.2, 0) is 9.53 Å². The fourth-order valence-corrected chi connectivity index (χ4v) is 1.27. The van der Waals surface area contributed by atoms with Gasteiger partial charge in [-0.3, -0.25) is 4.79 Å². The van der Waals surface area contributed by atoms with Crippen molar-refractivity contribution in [1.82, 2.24) is 0 Å². The molecule has 0 saturated carbocycles. The summed E-state index contributed by atoms with van der Waals surface area (Å²) in [5.41, 5.74) is 0.882. The fourth-order valence-electron chi connectivity index (χ4n) is 0.844. The molecule has 1 aromatic rings. The Hall–Kier alpha value is -1.03. The second kappa shape index (κ2) is 4.87. The first kappa shape index (κ1) is 10.1. The Balaban J connectivity index is 2.54. The molecule has 70 valence electrons. The minimum atomic E-state index is -0.282. The van der Waals surface area contributed by atoms with Gasteiger partial charge in [0.2, 0.25) is 0 Å². The van der Waals surface area contributed by atoms with Crippen LogP contribution in [0.4, 0.5) is 5.69 Å². The number of carbonyl (C=O) groups excluding carboxylic acids is 1. The third kappa shape index (κ3) is 3.06. The number of rotatable bonds is 3. The standard InChI is InChI=1S/C9H10BrNO2/c1-13-9(12)6-11-8-5-3-2-4-7(8)10/h2-5,11H,6H2,1H3. The smallest absolute Gasteiger partial charge is 0.325 e. The molecule has 0 unspecified atom stereocenters. The maximum atomic E-state index is 10.8. The van der Waals surface area contributed by atoms with E-state index in [9.17, 15) is 4.79 Å². The Morgan fingerprint density at radius 1 is 1.54 bits per heavy atom. The van der Waals surface area contributed by atoms with Gasteiger partial charge in [-0.25, -0.2) is 0 Å². The average molecular weight is 244 g/mol. The highest BCUT2D eigenvalue weighted by Gasteiger charge is 2.01. The van der Waals surface area contributed by atoms with Crippen LogP contribution in [0.15, 0.2) is 28.7 Å². The number of hydrogen-bond acceptors (Lipinski definition) is 3. The quantitative estimate of drug-likeness (QED) is 0.827. The highest BCUT2D eigenvalue weighted by atomic mass is 79.9. The zero-order valence-corrected chi connectivity index (χ0v) is 8.80. The van der Waals surface area contributed by atoms with Crippen molar-refractivity contribution in [1.29, 1.82) is 0 Å². The summed E-state index contributed by atoms with van der Waals surface area (Å²) >= 11 is 3.35. The molecule has 0 heterocycles. The van der Waals surface area contributed by atoms with Gasteiger partial charge in [0.25, 0.3) is 0 Å². The molecule has 0 aliphatic carbocycles. The predicted octanol–water partition coefficient (Wildman–Crippen LogP) is 2.03. The van der Waals surface area contributed by atoms with Crippen LogP contribution in [-0.4, -0.2) is 19.6 Å². The van der Waals surface area contributed by atoms with Crippen molar-refractivity contribution in [3.63, 3.8) is 0 Å². The van der Waals surface area contributed by atoms with E-state index in [2.05, 4.69) is 26.0 Å². The molecule has 0 saturated heterocycles. The summed E-state index contributed by atoms with van der Waals surface area (Å²) in [7, 11) is 1.37. The van der Waals surface area contributed by atoms with Crippen LogP contribution in [0.2, 0.25) is 0 Å². The number of methoxy groups -OCH3 is 1. The van der Waals surface area contributed by atoms with Crippen LogP contribution < -0.4 is 5.32 Å². The first-order valence-corrected chi connectivity index (χ1v) is 4.58. The minimum Gasteiger partial charge on any atom is -0.468 e. The molecule has 0 amide bonds. The van der Waals surface area contributed by atoms with Gasteiger partial charge >= 0.3 is 5.97 Å². The summed E-state index contributed by atoms with van der Waals surface area (Å²) in [6.07, 6.45) is 0. The van der Waals surface area contributed by atoms with E-state index in [1.807, 2.05) is 24.3 Å². The molecule has 1 N–H and O–H groups in total. The number of hydrogen-bond donors (Lipinski definition) is 1. The molecule has 0 aliphatic rings. The monoisotopic (exact) mass is 243 g/mol. The normalized spacial score (nSPS) is 9.38. The van der Waals surface area contributed by atoms with E-state index < -0.39 is 0 Å². The second-order valence-electron chi connectivity index (χ2n) is 2.41. The first-order valence-electron chi connectivity index (χ1n) is 3.79. The molecule has 0 atom stereocenters. The summed E-state index contributed by atoms with van der Waals surface area (Å²) in [6, 6.07) is 7.59. The van der Waals surface area contributed by atoms with Crippen LogP contribution in [0.25, 0.3) is 0 Å². The third-order valence-corrected chi connectivity index (χ3v) is 2.22. The van der Waals surface area contributed by atoms with Gasteiger partial charge in [0, 0.05) is 10.2 Å². The Morgan fingerprint density at radius 2 is 2.23 bits per heavy atom. The molecule has 13 heavy (non-hydrogen) atoms. The predicted molar refractivity (Wildman–Crippen MR) is 54.6 cm³/mol. The van der Waals surface area contributed by atoms with Crippen molar-refractivity contribution >= 4 is 27.6 Å². The number of para-hydroxylation sites is 1. The van der Waals surface area contributed by atoms with E-state index in [1.54, 1.807) is 0 Å². The van der Waals surface area contributed by atoms with E-state index >= 15 is 0 Å². The summed E-state index contributed by atoms with van der Waals surface area (Å²) in [4.78, 5) is 10.8. The van der Waals surface area contributed by atoms with Gasteiger partial charge < -0.3 is 10.1 Å². The van der Waals surface area contributed by atoms with E-state index in [0.717, 1.165) is 10.2 Å². The van der Waals surface area contributed by atoms with Crippen LogP contribution in [0.5, 0.6) is 0 Å². The average Bonchev–Trinajstić information content (AvgIpc) is 2.16. The minimum absolute atomic E-state index is 0.180. The molecule has 1 rings (SSSR count). The number of ether oxygens (including phenoxy) is 1. The molecule has 0 fully saturated rings. The Morgan fingerprint density at radius 3 is 2.85 bits per heavy atom. The summed E-state index contributed by atoms with van der Waals surface area (Å²) < 4.78 is 5.42. The lowest BCUT2D eigenvalue weighted by atomic mass is 10.3. The SMILES string of the molecule is COC(=O)CNc1ccccc1Br. The molecule has 1 aromatic carbocycles. The topological polar surface area (TPSA) is 38.3 Å². The van der Waals surface area contributed by atoms with E-state index in [0.29, 0.717) is 0 Å². The van der Waals surface area contributed by atoms with E-state index in [4.69, 9.17) is 0 Å². The summed E-state index contributed by atoms with van der Waals surface area (Å²) in [5.74, 6) is -0.282. The molecule has 4 heteroatoms. The van der Waals surface area contributed by atoms with E-state index in [-0.39, 0.29) is 12.5 Å². The van der Waals surface area contributed by atoms with E-state index in [1.165, 1.54) is 7.11 Å². The first-order chi connectivity index (χ1) is 6.24. The summed E-state index contributed by atoms with van der Waals surface area (Å²) in [6.45, 7) is 0.180. The van der Waals surface area contributed by atoms with Crippen molar-refractivity contribution in [3.05, 3.63) is 28.7 Å². The number of carbonyl (C=O) groups is 1. The molecule has 0 aliphatic heterocycles. The Kier molecular flexibility index (Phi) is 3.76. The maximum Gasteiger partial charge on any atom is 0.325 e. The second-order valence-corrected chi connectivity index (χ2v) is 3.26. The van der Waals surface area contributed by atoms with Gasteiger partial charge in [0.05, 0.1) is 7.11 Å². The number of esters is 1. The lowest BCUT2D eigenvalue weighted by Gasteiger charge is -2.06. The number of halogens is 1. The zero-order valence-electron chi connectivity index (χ0n) is 7.21. The molecule has 0 aromatic heterocycles. The maximum absolute atomic E-state index is 10.8. The van der Waals surface area contributed by atoms with Crippen molar-refractivity contribution in [2.45, 2.75) is 0 Å². The van der Waals surface area contributed by atoms with Crippen molar-refractivity contribution in [3.8, 4) is 0 Å². The Bertz CT molecular complexity index is 301.